The lowest BCUT2D eigenvalue weighted by Crippen LogP contribution is -2.43. The highest BCUT2D eigenvalue weighted by atomic mass is 32.2. The second-order valence-electron chi connectivity index (χ2n) is 6.17. The van der Waals surface area contributed by atoms with E-state index in [9.17, 15) is 26.4 Å². The highest BCUT2D eigenvalue weighted by molar-refractivity contribution is 7.91. The van der Waals surface area contributed by atoms with Crippen LogP contribution in [0.4, 0.5) is 18.9 Å². The Labute approximate surface area is 158 Å². The fraction of sp³-hybridized carbons (Fsp3) is 0.353. The monoisotopic (exact) mass is 418 g/mol. The van der Waals surface area contributed by atoms with Crippen LogP contribution in [-0.4, -0.2) is 31.7 Å². The number of carbonyl (C=O) groups excluding carboxylic acids is 1. The van der Waals surface area contributed by atoms with Gasteiger partial charge in [0.15, 0.2) is 0 Å². The summed E-state index contributed by atoms with van der Waals surface area (Å²) >= 11 is 1.09. The quantitative estimate of drug-likeness (QED) is 0.821. The van der Waals surface area contributed by atoms with Crippen LogP contribution >= 0.6 is 11.3 Å². The van der Waals surface area contributed by atoms with E-state index in [1.165, 1.54) is 28.6 Å². The molecular weight excluding hydrogens is 401 g/mol. The Hall–Kier alpha value is -1.91. The molecule has 1 saturated heterocycles. The third kappa shape index (κ3) is 4.33. The minimum atomic E-state index is -4.59. The van der Waals surface area contributed by atoms with Crippen molar-refractivity contribution >= 4 is 33.0 Å². The largest absolute Gasteiger partial charge is 0.418 e. The van der Waals surface area contributed by atoms with Crippen molar-refractivity contribution in [2.75, 3.05) is 18.4 Å². The van der Waals surface area contributed by atoms with Crippen molar-refractivity contribution in [1.82, 2.24) is 4.31 Å². The van der Waals surface area contributed by atoms with Crippen LogP contribution < -0.4 is 5.32 Å². The minimum Gasteiger partial charge on any atom is -0.325 e. The van der Waals surface area contributed by atoms with E-state index in [0.717, 1.165) is 17.4 Å². The van der Waals surface area contributed by atoms with Gasteiger partial charge >= 0.3 is 6.18 Å². The molecule has 0 unspecified atom stereocenters. The smallest absolute Gasteiger partial charge is 0.325 e. The number of alkyl halides is 3. The second kappa shape index (κ2) is 7.61. The molecular formula is C17H17F3N2O3S2. The second-order valence-corrected chi connectivity index (χ2v) is 9.28. The van der Waals surface area contributed by atoms with Gasteiger partial charge in [-0.2, -0.15) is 17.5 Å². The van der Waals surface area contributed by atoms with Crippen LogP contribution in [0.25, 0.3) is 0 Å². The number of amides is 1. The van der Waals surface area contributed by atoms with Crippen molar-refractivity contribution in [3.05, 3.63) is 47.3 Å². The van der Waals surface area contributed by atoms with Crippen molar-refractivity contribution in [2.24, 2.45) is 5.92 Å². The van der Waals surface area contributed by atoms with Crippen molar-refractivity contribution in [3.63, 3.8) is 0 Å². The molecule has 1 aromatic carbocycles. The Kier molecular flexibility index (Phi) is 5.59. The molecule has 1 fully saturated rings. The number of hydrogen-bond donors (Lipinski definition) is 1. The summed E-state index contributed by atoms with van der Waals surface area (Å²) in [6.07, 6.45) is -3.72. The van der Waals surface area contributed by atoms with E-state index in [4.69, 9.17) is 0 Å². The maximum atomic E-state index is 13.1. The molecule has 0 aliphatic carbocycles. The predicted octanol–water partition coefficient (Wildman–Crippen LogP) is 3.81. The number of rotatable bonds is 4. The van der Waals surface area contributed by atoms with Gasteiger partial charge in [0.1, 0.15) is 4.21 Å². The summed E-state index contributed by atoms with van der Waals surface area (Å²) < 4.78 is 65.9. The Bertz CT molecular complexity index is 912. The topological polar surface area (TPSA) is 66.5 Å². The fourth-order valence-electron chi connectivity index (χ4n) is 2.99. The molecule has 10 heteroatoms. The minimum absolute atomic E-state index is 0.0553. The summed E-state index contributed by atoms with van der Waals surface area (Å²) in [5, 5.41) is 3.96. The van der Waals surface area contributed by atoms with E-state index in [-0.39, 0.29) is 23.0 Å². The number of sulfonamides is 1. The Morgan fingerprint density at radius 2 is 1.93 bits per heavy atom. The van der Waals surface area contributed by atoms with Crippen LogP contribution in [0.3, 0.4) is 0 Å². The van der Waals surface area contributed by atoms with Crippen molar-refractivity contribution < 1.29 is 26.4 Å². The maximum Gasteiger partial charge on any atom is 0.418 e. The molecule has 0 radical (unpaired) electrons. The Morgan fingerprint density at radius 3 is 2.59 bits per heavy atom. The van der Waals surface area contributed by atoms with Gasteiger partial charge in [-0.3, -0.25) is 4.79 Å². The highest BCUT2D eigenvalue weighted by Crippen LogP contribution is 2.35. The van der Waals surface area contributed by atoms with Crippen LogP contribution in [0.1, 0.15) is 18.4 Å². The van der Waals surface area contributed by atoms with Gasteiger partial charge in [0, 0.05) is 13.1 Å². The number of benzene rings is 1. The summed E-state index contributed by atoms with van der Waals surface area (Å²) in [6.45, 7) is 0.226. The van der Waals surface area contributed by atoms with E-state index in [0.29, 0.717) is 12.8 Å². The molecule has 1 amide bonds. The molecule has 1 atom stereocenters. The summed E-state index contributed by atoms with van der Waals surface area (Å²) in [6, 6.07) is 7.84. The van der Waals surface area contributed by atoms with Crippen LogP contribution in [-0.2, 0) is 21.0 Å². The molecule has 146 valence electrons. The highest BCUT2D eigenvalue weighted by Gasteiger charge is 2.36. The van der Waals surface area contributed by atoms with Crippen molar-refractivity contribution in [2.45, 2.75) is 23.2 Å². The van der Waals surface area contributed by atoms with Crippen LogP contribution in [0, 0.1) is 5.92 Å². The number of piperidine rings is 1. The Balaban J connectivity index is 1.75. The number of anilines is 1. The number of nitrogens with one attached hydrogen (secondary N) is 1. The third-order valence-corrected chi connectivity index (χ3v) is 7.57. The number of carbonyl (C=O) groups is 1. The van der Waals surface area contributed by atoms with Crippen LogP contribution in [0.2, 0.25) is 0 Å². The zero-order valence-corrected chi connectivity index (χ0v) is 15.7. The molecule has 2 aromatic rings. The number of halogens is 3. The lowest BCUT2D eigenvalue weighted by molar-refractivity contribution is -0.137. The van der Waals surface area contributed by atoms with Gasteiger partial charge in [-0.1, -0.05) is 18.2 Å². The lowest BCUT2D eigenvalue weighted by Gasteiger charge is -2.31. The SMILES string of the molecule is O=C(Nc1ccccc1C(F)(F)F)[C@H]1CCCN(S(=O)(=O)c2cccs2)C1. The molecule has 1 aliphatic heterocycles. The first-order chi connectivity index (χ1) is 12.7. The number of para-hydroxylation sites is 1. The number of thiophene rings is 1. The molecule has 0 bridgehead atoms. The van der Waals surface area contributed by atoms with Gasteiger partial charge in [0.2, 0.25) is 5.91 Å². The first-order valence-electron chi connectivity index (χ1n) is 8.20. The van der Waals surface area contributed by atoms with Crippen LogP contribution in [0.15, 0.2) is 46.0 Å². The molecule has 1 aliphatic rings. The lowest BCUT2D eigenvalue weighted by atomic mass is 9.98. The third-order valence-electron chi connectivity index (χ3n) is 4.33. The van der Waals surface area contributed by atoms with Gasteiger partial charge in [-0.05, 0) is 36.4 Å². The summed E-state index contributed by atoms with van der Waals surface area (Å²) in [5.74, 6) is -1.33. The standard InChI is InChI=1S/C17H17F3N2O3S2/c18-17(19,20)13-6-1-2-7-14(13)21-16(23)12-5-3-9-22(11-12)27(24,25)15-8-4-10-26-15/h1-2,4,6-8,10,12H,3,5,9,11H2,(H,21,23)/t12-/m0/s1. The van der Waals surface area contributed by atoms with Gasteiger partial charge in [0.25, 0.3) is 10.0 Å². The predicted molar refractivity (Wildman–Crippen MR) is 95.9 cm³/mol. The molecule has 5 nitrogen and oxygen atoms in total. The van der Waals surface area contributed by atoms with Gasteiger partial charge in [-0.25, -0.2) is 8.42 Å². The summed E-state index contributed by atoms with van der Waals surface area (Å²) in [4.78, 5) is 12.5. The first-order valence-corrected chi connectivity index (χ1v) is 10.5. The first kappa shape index (κ1) is 19.8. The van der Waals surface area contributed by atoms with Gasteiger partial charge in [-0.15, -0.1) is 11.3 Å². The summed E-state index contributed by atoms with van der Waals surface area (Å²) in [5.41, 5.74) is -1.26. The normalized spacial score (nSPS) is 19.0. The van der Waals surface area contributed by atoms with E-state index < -0.39 is 33.6 Å². The van der Waals surface area contributed by atoms with E-state index in [1.807, 2.05) is 0 Å². The molecule has 3 rings (SSSR count). The van der Waals surface area contributed by atoms with Gasteiger partial charge in [0.05, 0.1) is 17.2 Å². The molecule has 1 N–H and O–H groups in total. The molecule has 27 heavy (non-hydrogen) atoms. The molecule has 2 heterocycles. The van der Waals surface area contributed by atoms with E-state index in [2.05, 4.69) is 5.32 Å². The molecule has 0 saturated carbocycles. The van der Waals surface area contributed by atoms with Crippen molar-refractivity contribution in [1.29, 1.82) is 0 Å². The average molecular weight is 418 g/mol. The zero-order chi connectivity index (χ0) is 19.7. The molecule has 0 spiro atoms. The molecule has 1 aromatic heterocycles. The van der Waals surface area contributed by atoms with E-state index >= 15 is 0 Å². The number of nitrogens with zero attached hydrogens (tertiary/aromatic N) is 1. The van der Waals surface area contributed by atoms with Crippen LogP contribution in [0.5, 0.6) is 0 Å². The summed E-state index contributed by atoms with van der Waals surface area (Å²) in [7, 11) is -3.70. The van der Waals surface area contributed by atoms with E-state index in [1.54, 1.807) is 11.4 Å². The van der Waals surface area contributed by atoms with Gasteiger partial charge < -0.3 is 5.32 Å². The number of hydrogen-bond acceptors (Lipinski definition) is 4. The average Bonchev–Trinajstić information content (AvgIpc) is 3.17. The fourth-order valence-corrected chi connectivity index (χ4v) is 5.65. The Morgan fingerprint density at radius 1 is 1.19 bits per heavy atom. The van der Waals surface area contributed by atoms with Crippen molar-refractivity contribution in [3.8, 4) is 0 Å². The maximum absolute atomic E-state index is 13.1. The zero-order valence-electron chi connectivity index (χ0n) is 14.1.